The molecule has 0 aromatic carbocycles. The number of aliphatic hydroxyl groups excluding tert-OH is 4. The van der Waals surface area contributed by atoms with Crippen LogP contribution in [0.2, 0.25) is 0 Å². The molecule has 6 heteroatoms. The van der Waals surface area contributed by atoms with Crippen LogP contribution in [0.3, 0.4) is 0 Å². The van der Waals surface area contributed by atoms with Gasteiger partial charge in [-0.25, -0.2) is 0 Å². The summed E-state index contributed by atoms with van der Waals surface area (Å²) >= 11 is 0. The van der Waals surface area contributed by atoms with E-state index < -0.39 is 36.9 Å². The molecule has 0 aromatic heterocycles. The van der Waals surface area contributed by atoms with Gasteiger partial charge in [0.15, 0.2) is 0 Å². The highest BCUT2D eigenvalue weighted by molar-refractivity contribution is 5.80. The highest BCUT2D eigenvalue weighted by Crippen LogP contribution is 2.15. The van der Waals surface area contributed by atoms with Gasteiger partial charge < -0.3 is 25.7 Å². The van der Waals surface area contributed by atoms with E-state index in [0.717, 1.165) is 51.4 Å². The molecule has 5 N–H and O–H groups in total. The van der Waals surface area contributed by atoms with Crippen LogP contribution in [0.4, 0.5) is 0 Å². The predicted molar refractivity (Wildman–Crippen MR) is 242 cm³/mol. The lowest BCUT2D eigenvalue weighted by Crippen LogP contribution is -2.53. The first-order valence-electron chi connectivity index (χ1n) is 24.4. The van der Waals surface area contributed by atoms with Gasteiger partial charge in [-0.1, -0.05) is 204 Å². The Balaban J connectivity index is 3.77. The fraction of sp³-hybridized carbons (Fsp3) is 0.860. The zero-order valence-corrected chi connectivity index (χ0v) is 37.1. The third kappa shape index (κ3) is 38.1. The van der Waals surface area contributed by atoms with Crippen LogP contribution in [0.25, 0.3) is 0 Å². The molecule has 4 atom stereocenters. The van der Waals surface area contributed by atoms with Gasteiger partial charge >= 0.3 is 0 Å². The molecule has 0 heterocycles. The summed E-state index contributed by atoms with van der Waals surface area (Å²) in [6.45, 7) is 4.05. The van der Waals surface area contributed by atoms with Crippen LogP contribution in [0.1, 0.15) is 245 Å². The smallest absolute Gasteiger partial charge is 0.249 e. The van der Waals surface area contributed by atoms with Gasteiger partial charge in [0, 0.05) is 0 Å². The number of aliphatic hydroxyl groups is 4. The highest BCUT2D eigenvalue weighted by Gasteiger charge is 2.28. The summed E-state index contributed by atoms with van der Waals surface area (Å²) in [5, 5.41) is 43.8. The van der Waals surface area contributed by atoms with Crippen molar-refractivity contribution in [2.75, 3.05) is 6.61 Å². The molecular weight excluding hydrogens is 695 g/mol. The summed E-state index contributed by atoms with van der Waals surface area (Å²) in [6, 6.07) is -1.01. The lowest BCUT2D eigenvalue weighted by Gasteiger charge is -2.27. The summed E-state index contributed by atoms with van der Waals surface area (Å²) in [6.07, 6.45) is 53.3. The van der Waals surface area contributed by atoms with E-state index in [-0.39, 0.29) is 0 Å². The Kier molecular flexibility index (Phi) is 43.5. The SMILES string of the molecule is CCCCCCCCCCCC/C=C\CCCCCCCCC(O)C(=O)NC(CO)C(O)C(O)CCC/C=C/CC/C=C/CCCCCCCCCCCCC. The van der Waals surface area contributed by atoms with Crippen LogP contribution < -0.4 is 5.32 Å². The van der Waals surface area contributed by atoms with Crippen molar-refractivity contribution in [3.8, 4) is 0 Å². The summed E-state index contributed by atoms with van der Waals surface area (Å²) in [5.74, 6) is -0.601. The van der Waals surface area contributed by atoms with Gasteiger partial charge in [-0.05, 0) is 77.0 Å². The van der Waals surface area contributed by atoms with Crippen LogP contribution >= 0.6 is 0 Å². The summed E-state index contributed by atoms with van der Waals surface area (Å²) < 4.78 is 0. The number of nitrogens with one attached hydrogen (secondary N) is 1. The average molecular weight is 790 g/mol. The topological polar surface area (TPSA) is 110 Å². The van der Waals surface area contributed by atoms with Crippen LogP contribution in [-0.2, 0) is 4.79 Å². The number of amides is 1. The van der Waals surface area contributed by atoms with Crippen LogP contribution in [-0.4, -0.2) is 57.3 Å². The van der Waals surface area contributed by atoms with Gasteiger partial charge in [0.1, 0.15) is 12.2 Å². The molecule has 6 nitrogen and oxygen atoms in total. The Hall–Kier alpha value is -1.47. The fourth-order valence-corrected chi connectivity index (χ4v) is 7.42. The van der Waals surface area contributed by atoms with Gasteiger partial charge in [-0.3, -0.25) is 4.79 Å². The number of unbranched alkanes of at least 4 members (excludes halogenated alkanes) is 29. The molecule has 56 heavy (non-hydrogen) atoms. The largest absolute Gasteiger partial charge is 0.394 e. The first-order valence-corrected chi connectivity index (χ1v) is 24.4. The van der Waals surface area contributed by atoms with Crippen molar-refractivity contribution in [2.24, 2.45) is 0 Å². The minimum atomic E-state index is -1.29. The minimum Gasteiger partial charge on any atom is -0.394 e. The summed E-state index contributed by atoms with van der Waals surface area (Å²) in [5.41, 5.74) is 0. The average Bonchev–Trinajstić information content (AvgIpc) is 3.20. The van der Waals surface area contributed by atoms with E-state index >= 15 is 0 Å². The second-order valence-electron chi connectivity index (χ2n) is 16.8. The molecule has 0 aliphatic heterocycles. The lowest BCUT2D eigenvalue weighted by molar-refractivity contribution is -0.132. The maximum Gasteiger partial charge on any atom is 0.249 e. The van der Waals surface area contributed by atoms with Crippen molar-refractivity contribution in [3.05, 3.63) is 36.5 Å². The first kappa shape index (κ1) is 54.5. The van der Waals surface area contributed by atoms with E-state index in [9.17, 15) is 25.2 Å². The molecule has 330 valence electrons. The predicted octanol–water partition coefficient (Wildman–Crippen LogP) is 13.3. The van der Waals surface area contributed by atoms with Crippen molar-refractivity contribution < 1.29 is 25.2 Å². The molecule has 0 spiro atoms. The Morgan fingerprint density at radius 3 is 1.12 bits per heavy atom. The van der Waals surface area contributed by atoms with Crippen LogP contribution in [0.15, 0.2) is 36.5 Å². The second kappa shape index (κ2) is 44.6. The number of carbonyl (C=O) groups is 1. The molecule has 0 fully saturated rings. The zero-order valence-electron chi connectivity index (χ0n) is 37.1. The quantitative estimate of drug-likeness (QED) is 0.0312. The highest BCUT2D eigenvalue weighted by atomic mass is 16.3. The van der Waals surface area contributed by atoms with Crippen molar-refractivity contribution >= 4 is 5.91 Å². The van der Waals surface area contributed by atoms with Gasteiger partial charge in [0.25, 0.3) is 0 Å². The molecule has 1 amide bonds. The number of hydrogen-bond acceptors (Lipinski definition) is 5. The third-order valence-electron chi connectivity index (χ3n) is 11.3. The lowest BCUT2D eigenvalue weighted by atomic mass is 10.00. The van der Waals surface area contributed by atoms with E-state index in [0.29, 0.717) is 19.3 Å². The van der Waals surface area contributed by atoms with Gasteiger partial charge in [-0.2, -0.15) is 0 Å². The molecule has 0 saturated heterocycles. The van der Waals surface area contributed by atoms with Crippen molar-refractivity contribution in [3.63, 3.8) is 0 Å². The Morgan fingerprint density at radius 1 is 0.429 bits per heavy atom. The zero-order chi connectivity index (χ0) is 41.0. The molecule has 0 bridgehead atoms. The summed E-state index contributed by atoms with van der Waals surface area (Å²) in [4.78, 5) is 12.5. The number of rotatable bonds is 44. The Morgan fingerprint density at radius 2 is 0.750 bits per heavy atom. The Bertz CT molecular complexity index is 889. The van der Waals surface area contributed by atoms with Gasteiger partial charge in [0.2, 0.25) is 5.91 Å². The molecule has 4 unspecified atom stereocenters. The molecule has 0 saturated carbocycles. The van der Waals surface area contributed by atoms with Crippen molar-refractivity contribution in [1.82, 2.24) is 5.32 Å². The van der Waals surface area contributed by atoms with E-state index in [1.165, 1.54) is 161 Å². The molecule has 0 aliphatic rings. The van der Waals surface area contributed by atoms with Crippen LogP contribution in [0, 0.1) is 0 Å². The first-order chi connectivity index (χ1) is 27.5. The van der Waals surface area contributed by atoms with Gasteiger partial charge in [-0.15, -0.1) is 0 Å². The minimum absolute atomic E-state index is 0.353. The third-order valence-corrected chi connectivity index (χ3v) is 11.3. The van der Waals surface area contributed by atoms with Gasteiger partial charge in [0.05, 0.1) is 18.8 Å². The van der Waals surface area contributed by atoms with E-state index in [2.05, 4.69) is 55.6 Å². The maximum atomic E-state index is 12.5. The molecule has 0 aliphatic carbocycles. The van der Waals surface area contributed by atoms with E-state index in [1.807, 2.05) is 0 Å². The number of carbonyl (C=O) groups excluding carboxylic acids is 1. The summed E-state index contributed by atoms with van der Waals surface area (Å²) in [7, 11) is 0. The normalized spacial score (nSPS) is 14.3. The molecular formula is C50H95NO5. The van der Waals surface area contributed by atoms with Crippen molar-refractivity contribution in [2.45, 2.75) is 269 Å². The standard InChI is InChI=1S/C50H95NO5/c1-3-5-7-9-11-13-15-17-19-21-23-25-27-29-31-33-35-37-39-41-43-47(53)49(55)46(45-52)51-50(56)48(54)44-42-40-38-36-34-32-30-28-26-24-22-20-18-16-14-12-10-8-6-4-2/h26-29,35,37,46-49,52-55H,3-25,30-34,36,38-45H2,1-2H3,(H,51,56)/b28-26-,29-27+,37-35+. The van der Waals surface area contributed by atoms with Crippen molar-refractivity contribution in [1.29, 1.82) is 0 Å². The van der Waals surface area contributed by atoms with E-state index in [4.69, 9.17) is 0 Å². The molecule has 0 radical (unpaired) electrons. The fourth-order valence-electron chi connectivity index (χ4n) is 7.42. The van der Waals surface area contributed by atoms with Crippen LogP contribution in [0.5, 0.6) is 0 Å². The molecule has 0 aromatic rings. The molecule has 0 rings (SSSR count). The van der Waals surface area contributed by atoms with E-state index in [1.54, 1.807) is 0 Å². The number of allylic oxidation sites excluding steroid dienone is 6. The maximum absolute atomic E-state index is 12.5. The second-order valence-corrected chi connectivity index (χ2v) is 16.8. The Labute approximate surface area is 347 Å². The number of hydrogen-bond donors (Lipinski definition) is 5. The monoisotopic (exact) mass is 790 g/mol.